The lowest BCUT2D eigenvalue weighted by Crippen LogP contribution is -2.29. The van der Waals surface area contributed by atoms with Crippen LogP contribution in [-0.2, 0) is 0 Å². The van der Waals surface area contributed by atoms with Gasteiger partial charge in [-0.05, 0) is 37.5 Å². The Balaban J connectivity index is 1.88. The second kappa shape index (κ2) is 5.96. The number of benzene rings is 2. The maximum absolute atomic E-state index is 5.01. The Morgan fingerprint density at radius 1 is 1.09 bits per heavy atom. The molecule has 0 saturated carbocycles. The minimum absolute atomic E-state index is 0.116. The predicted octanol–water partition coefficient (Wildman–Crippen LogP) is 5.37. The number of rotatable bonds is 3. The molecule has 0 aliphatic carbocycles. The fourth-order valence-electron chi connectivity index (χ4n) is 3.01. The van der Waals surface area contributed by atoms with Gasteiger partial charge < -0.3 is 5.32 Å². The lowest BCUT2D eigenvalue weighted by atomic mass is 9.81. The van der Waals surface area contributed by atoms with Gasteiger partial charge in [-0.3, -0.25) is 4.99 Å². The van der Waals surface area contributed by atoms with Crippen LogP contribution in [0, 0.1) is 12.3 Å². The van der Waals surface area contributed by atoms with E-state index >= 15 is 0 Å². The Labute approximate surface area is 133 Å². The zero-order valence-electron chi connectivity index (χ0n) is 13.6. The summed E-state index contributed by atoms with van der Waals surface area (Å²) in [4.78, 5) is 5.01. The summed E-state index contributed by atoms with van der Waals surface area (Å²) in [6.45, 7) is 6.69. The molecule has 0 aromatic heterocycles. The molecule has 0 saturated heterocycles. The third-order valence-corrected chi connectivity index (χ3v) is 4.78. The predicted molar refractivity (Wildman–Crippen MR) is 94.4 cm³/mol. The maximum Gasteiger partial charge on any atom is 0.107 e. The quantitative estimate of drug-likeness (QED) is 0.808. The number of hydrogen-bond acceptors (Lipinski definition) is 2. The SMILES string of the molecule is CCC1(C)CC(c2ccc(C)cc2)N=C1Nc1ccccc1. The van der Waals surface area contributed by atoms with Crippen molar-refractivity contribution in [3.05, 3.63) is 65.7 Å². The van der Waals surface area contributed by atoms with Gasteiger partial charge in [0, 0.05) is 11.1 Å². The molecule has 114 valence electrons. The molecule has 0 radical (unpaired) electrons. The van der Waals surface area contributed by atoms with Gasteiger partial charge in [0.1, 0.15) is 5.84 Å². The molecule has 3 rings (SSSR count). The first-order chi connectivity index (χ1) is 10.6. The minimum Gasteiger partial charge on any atom is -0.344 e. The summed E-state index contributed by atoms with van der Waals surface area (Å²) in [6.07, 6.45) is 2.16. The van der Waals surface area contributed by atoms with Crippen LogP contribution in [0.3, 0.4) is 0 Å². The average Bonchev–Trinajstić information content (AvgIpc) is 2.87. The van der Waals surface area contributed by atoms with Crippen LogP contribution in [0.1, 0.15) is 43.9 Å². The number of aryl methyl sites for hydroxylation is 1. The molecule has 22 heavy (non-hydrogen) atoms. The standard InChI is InChI=1S/C20H24N2/c1-4-20(3)14-18(16-12-10-15(2)11-13-16)22-19(20)21-17-8-6-5-7-9-17/h5-13,18H,4,14H2,1-3H3,(H,21,22). The monoisotopic (exact) mass is 292 g/mol. The van der Waals surface area contributed by atoms with Crippen LogP contribution in [-0.4, -0.2) is 5.84 Å². The fraction of sp³-hybridized carbons (Fsp3) is 0.350. The van der Waals surface area contributed by atoms with Gasteiger partial charge in [0.05, 0.1) is 6.04 Å². The van der Waals surface area contributed by atoms with Gasteiger partial charge in [0.15, 0.2) is 0 Å². The van der Waals surface area contributed by atoms with Gasteiger partial charge in [-0.25, -0.2) is 0 Å². The van der Waals surface area contributed by atoms with E-state index in [1.54, 1.807) is 0 Å². The molecule has 0 spiro atoms. The first-order valence-electron chi connectivity index (χ1n) is 8.07. The second-order valence-electron chi connectivity index (χ2n) is 6.51. The van der Waals surface area contributed by atoms with E-state index < -0.39 is 0 Å². The third-order valence-electron chi connectivity index (χ3n) is 4.78. The summed E-state index contributed by atoms with van der Waals surface area (Å²) in [5.74, 6) is 1.12. The van der Waals surface area contributed by atoms with Gasteiger partial charge in [0.2, 0.25) is 0 Å². The number of amidine groups is 1. The van der Waals surface area contributed by atoms with Crippen molar-refractivity contribution in [3.63, 3.8) is 0 Å². The molecular formula is C20H24N2. The highest BCUT2D eigenvalue weighted by Crippen LogP contribution is 2.43. The van der Waals surface area contributed by atoms with Crippen LogP contribution in [0.2, 0.25) is 0 Å². The van der Waals surface area contributed by atoms with E-state index in [4.69, 9.17) is 4.99 Å². The minimum atomic E-state index is 0.116. The van der Waals surface area contributed by atoms with Crippen LogP contribution < -0.4 is 5.32 Å². The maximum atomic E-state index is 5.01. The second-order valence-corrected chi connectivity index (χ2v) is 6.51. The Morgan fingerprint density at radius 3 is 2.41 bits per heavy atom. The molecule has 0 bridgehead atoms. The lowest BCUT2D eigenvalue weighted by molar-refractivity contribution is 0.411. The number of aliphatic imine (C=N–C) groups is 1. The Hall–Kier alpha value is -2.09. The number of para-hydroxylation sites is 1. The van der Waals surface area contributed by atoms with Crippen LogP contribution in [0.4, 0.5) is 5.69 Å². The van der Waals surface area contributed by atoms with Gasteiger partial charge >= 0.3 is 0 Å². The Morgan fingerprint density at radius 2 is 1.77 bits per heavy atom. The summed E-state index contributed by atoms with van der Waals surface area (Å²) >= 11 is 0. The molecule has 1 aliphatic rings. The first kappa shape index (κ1) is 14.8. The summed E-state index contributed by atoms with van der Waals surface area (Å²) < 4.78 is 0. The summed E-state index contributed by atoms with van der Waals surface area (Å²) in [5, 5.41) is 3.54. The molecule has 0 fully saturated rings. The molecule has 2 aromatic rings. The van der Waals surface area contributed by atoms with Gasteiger partial charge in [-0.1, -0.05) is 61.9 Å². The molecule has 2 atom stereocenters. The van der Waals surface area contributed by atoms with E-state index in [9.17, 15) is 0 Å². The van der Waals surface area contributed by atoms with E-state index in [1.165, 1.54) is 11.1 Å². The molecular weight excluding hydrogens is 268 g/mol. The van der Waals surface area contributed by atoms with Crippen molar-refractivity contribution in [2.24, 2.45) is 10.4 Å². The van der Waals surface area contributed by atoms with Crippen molar-refractivity contribution in [1.29, 1.82) is 0 Å². The molecule has 2 unspecified atom stereocenters. The fourth-order valence-corrected chi connectivity index (χ4v) is 3.01. The molecule has 2 heteroatoms. The van der Waals surface area contributed by atoms with Gasteiger partial charge in [0.25, 0.3) is 0 Å². The highest BCUT2D eigenvalue weighted by Gasteiger charge is 2.38. The van der Waals surface area contributed by atoms with E-state index in [0.717, 1.165) is 24.4 Å². The molecule has 2 aromatic carbocycles. The van der Waals surface area contributed by atoms with Crippen LogP contribution in [0.5, 0.6) is 0 Å². The molecule has 1 heterocycles. The average molecular weight is 292 g/mol. The highest BCUT2D eigenvalue weighted by atomic mass is 15.1. The van der Waals surface area contributed by atoms with Gasteiger partial charge in [-0.2, -0.15) is 0 Å². The van der Waals surface area contributed by atoms with Crippen LogP contribution in [0.15, 0.2) is 59.6 Å². The van der Waals surface area contributed by atoms with E-state index in [-0.39, 0.29) is 11.5 Å². The van der Waals surface area contributed by atoms with Crippen LogP contribution in [0.25, 0.3) is 0 Å². The zero-order chi connectivity index (χ0) is 15.6. The van der Waals surface area contributed by atoms with E-state index in [0.29, 0.717) is 0 Å². The van der Waals surface area contributed by atoms with Crippen molar-refractivity contribution < 1.29 is 0 Å². The zero-order valence-corrected chi connectivity index (χ0v) is 13.6. The van der Waals surface area contributed by atoms with Crippen molar-refractivity contribution in [2.45, 2.75) is 39.7 Å². The number of anilines is 1. The lowest BCUT2D eigenvalue weighted by Gasteiger charge is -2.25. The van der Waals surface area contributed by atoms with Gasteiger partial charge in [-0.15, -0.1) is 0 Å². The Bertz CT molecular complexity index is 658. The van der Waals surface area contributed by atoms with E-state index in [1.807, 2.05) is 6.07 Å². The van der Waals surface area contributed by atoms with Crippen molar-refractivity contribution in [3.8, 4) is 0 Å². The summed E-state index contributed by atoms with van der Waals surface area (Å²) in [5.41, 5.74) is 3.85. The largest absolute Gasteiger partial charge is 0.344 e. The smallest absolute Gasteiger partial charge is 0.107 e. The van der Waals surface area contributed by atoms with E-state index in [2.05, 4.69) is 74.6 Å². The summed E-state index contributed by atoms with van der Waals surface area (Å²) in [7, 11) is 0. The highest BCUT2D eigenvalue weighted by molar-refractivity contribution is 6.01. The molecule has 1 N–H and O–H groups in total. The van der Waals surface area contributed by atoms with Crippen LogP contribution >= 0.6 is 0 Å². The number of hydrogen-bond donors (Lipinski definition) is 1. The number of nitrogens with one attached hydrogen (secondary N) is 1. The normalized spacial score (nSPS) is 24.1. The van der Waals surface area contributed by atoms with Crippen molar-refractivity contribution >= 4 is 11.5 Å². The van der Waals surface area contributed by atoms with Crippen molar-refractivity contribution in [1.82, 2.24) is 0 Å². The number of nitrogens with zero attached hydrogens (tertiary/aromatic N) is 1. The molecule has 1 aliphatic heterocycles. The molecule has 0 amide bonds. The first-order valence-corrected chi connectivity index (χ1v) is 8.07. The topological polar surface area (TPSA) is 24.4 Å². The summed E-state index contributed by atoms with van der Waals surface area (Å²) in [6, 6.07) is 19.4. The third kappa shape index (κ3) is 2.92. The van der Waals surface area contributed by atoms with Crippen molar-refractivity contribution in [2.75, 3.05) is 5.32 Å². The molecule has 2 nitrogen and oxygen atoms in total. The Kier molecular flexibility index (Phi) is 4.02.